The number of thiazole rings is 1. The maximum Gasteiger partial charge on any atom is 0.249 e. The lowest BCUT2D eigenvalue weighted by atomic mass is 10.1. The van der Waals surface area contributed by atoms with Gasteiger partial charge in [-0.1, -0.05) is 41.6 Å². The third-order valence-corrected chi connectivity index (χ3v) is 8.73. The Morgan fingerprint density at radius 3 is 2.73 bits per heavy atom. The fourth-order valence-corrected chi connectivity index (χ4v) is 6.92. The van der Waals surface area contributed by atoms with E-state index in [4.69, 9.17) is 4.52 Å². The van der Waals surface area contributed by atoms with Crippen LogP contribution in [0.4, 0.5) is 5.13 Å². The van der Waals surface area contributed by atoms with Crippen LogP contribution in [0.3, 0.4) is 0 Å². The standard InChI is InChI=1S/C23H22N4O4S2/c1-14-21(15(2)31-26-14)33(29,30)27-11-5-8-20(27)22(28)25-23-24-19(13-32-23)18-10-9-16-6-3-4-7-17(16)12-18/h3-4,6-7,9-10,12-13,20H,5,8,11H2,1-2H3,(H,24,25,28)/t20-/m0/s1. The lowest BCUT2D eigenvalue weighted by molar-refractivity contribution is -0.119. The SMILES string of the molecule is Cc1noc(C)c1S(=O)(=O)N1CCC[C@H]1C(=O)Nc1nc(-c2ccc3ccccc3c2)cs1. The van der Waals surface area contributed by atoms with Gasteiger partial charge >= 0.3 is 0 Å². The highest BCUT2D eigenvalue weighted by Crippen LogP contribution is 2.32. The third-order valence-electron chi connectivity index (χ3n) is 5.82. The van der Waals surface area contributed by atoms with E-state index in [2.05, 4.69) is 27.6 Å². The van der Waals surface area contributed by atoms with Gasteiger partial charge in [-0.15, -0.1) is 11.3 Å². The van der Waals surface area contributed by atoms with Crippen LogP contribution in [-0.2, 0) is 14.8 Å². The molecule has 1 amide bonds. The summed E-state index contributed by atoms with van der Waals surface area (Å²) in [6.45, 7) is 3.41. The minimum Gasteiger partial charge on any atom is -0.360 e. The number of benzene rings is 2. The Hall–Kier alpha value is -3.08. The molecule has 10 heteroatoms. The zero-order valence-electron chi connectivity index (χ0n) is 18.1. The number of rotatable bonds is 5. The Labute approximate surface area is 195 Å². The van der Waals surface area contributed by atoms with Gasteiger partial charge in [-0.3, -0.25) is 4.79 Å². The molecule has 0 radical (unpaired) electrons. The molecule has 2 aromatic heterocycles. The van der Waals surface area contributed by atoms with Crippen LogP contribution in [0.1, 0.15) is 24.3 Å². The highest BCUT2D eigenvalue weighted by atomic mass is 32.2. The number of nitrogens with one attached hydrogen (secondary N) is 1. The van der Waals surface area contributed by atoms with Crippen molar-refractivity contribution in [2.75, 3.05) is 11.9 Å². The minimum absolute atomic E-state index is 0.0371. The number of fused-ring (bicyclic) bond motifs is 1. The first-order valence-corrected chi connectivity index (χ1v) is 12.9. The van der Waals surface area contributed by atoms with E-state index >= 15 is 0 Å². The molecule has 4 aromatic rings. The van der Waals surface area contributed by atoms with Gasteiger partial charge in [0, 0.05) is 17.5 Å². The molecular weight excluding hydrogens is 460 g/mol. The molecule has 0 aliphatic carbocycles. The molecule has 1 aliphatic rings. The number of amides is 1. The van der Waals surface area contributed by atoms with E-state index < -0.39 is 16.1 Å². The second kappa shape index (κ2) is 8.36. The Morgan fingerprint density at radius 2 is 1.97 bits per heavy atom. The molecular formula is C23H22N4O4S2. The van der Waals surface area contributed by atoms with Gasteiger partial charge < -0.3 is 9.84 Å². The molecule has 0 saturated carbocycles. The van der Waals surface area contributed by atoms with Crippen molar-refractivity contribution in [1.82, 2.24) is 14.4 Å². The molecule has 0 bridgehead atoms. The predicted molar refractivity (Wildman–Crippen MR) is 127 cm³/mol. The van der Waals surface area contributed by atoms with Gasteiger partial charge in [-0.2, -0.15) is 4.31 Å². The van der Waals surface area contributed by atoms with Gasteiger partial charge in [-0.05, 0) is 43.5 Å². The van der Waals surface area contributed by atoms with Crippen LogP contribution < -0.4 is 5.32 Å². The summed E-state index contributed by atoms with van der Waals surface area (Å²) in [6.07, 6.45) is 1.04. The van der Waals surface area contributed by atoms with Gasteiger partial charge in [0.15, 0.2) is 10.9 Å². The number of anilines is 1. The smallest absolute Gasteiger partial charge is 0.249 e. The van der Waals surface area contributed by atoms with Gasteiger partial charge in [0.05, 0.1) is 5.69 Å². The van der Waals surface area contributed by atoms with Crippen LogP contribution in [0.5, 0.6) is 0 Å². The predicted octanol–water partition coefficient (Wildman–Crippen LogP) is 4.36. The second-order valence-electron chi connectivity index (χ2n) is 8.02. The number of sulfonamides is 1. The average molecular weight is 483 g/mol. The van der Waals surface area contributed by atoms with Gasteiger partial charge in [-0.25, -0.2) is 13.4 Å². The molecule has 1 N–H and O–H groups in total. The fraction of sp³-hybridized carbons (Fsp3) is 0.261. The van der Waals surface area contributed by atoms with Crippen LogP contribution in [0, 0.1) is 13.8 Å². The molecule has 2 aromatic carbocycles. The van der Waals surface area contributed by atoms with Crippen molar-refractivity contribution in [3.63, 3.8) is 0 Å². The number of carbonyl (C=O) groups excluding carboxylic acids is 1. The molecule has 1 aliphatic heterocycles. The lowest BCUT2D eigenvalue weighted by Crippen LogP contribution is -2.43. The van der Waals surface area contributed by atoms with E-state index in [0.717, 1.165) is 22.0 Å². The summed E-state index contributed by atoms with van der Waals surface area (Å²) in [6, 6.07) is 13.4. The number of hydrogen-bond acceptors (Lipinski definition) is 7. The zero-order chi connectivity index (χ0) is 23.2. The first-order valence-electron chi connectivity index (χ1n) is 10.5. The first kappa shape index (κ1) is 21.7. The van der Waals surface area contributed by atoms with E-state index in [1.807, 2.05) is 35.7 Å². The molecule has 0 spiro atoms. The van der Waals surface area contributed by atoms with Crippen molar-refractivity contribution < 1.29 is 17.7 Å². The maximum atomic E-state index is 13.2. The summed E-state index contributed by atoms with van der Waals surface area (Å²) in [5.74, 6) is -0.166. The average Bonchev–Trinajstić information content (AvgIpc) is 3.54. The highest BCUT2D eigenvalue weighted by molar-refractivity contribution is 7.89. The quantitative estimate of drug-likeness (QED) is 0.453. The van der Waals surface area contributed by atoms with Crippen LogP contribution in [-0.4, -0.2) is 41.4 Å². The summed E-state index contributed by atoms with van der Waals surface area (Å²) in [4.78, 5) is 17.6. The number of nitrogens with zero attached hydrogens (tertiary/aromatic N) is 3. The Kier molecular flexibility index (Phi) is 5.51. The summed E-state index contributed by atoms with van der Waals surface area (Å²) in [5, 5.41) is 11.1. The molecule has 33 heavy (non-hydrogen) atoms. The van der Waals surface area contributed by atoms with Crippen LogP contribution in [0.2, 0.25) is 0 Å². The zero-order valence-corrected chi connectivity index (χ0v) is 19.7. The molecule has 1 saturated heterocycles. The second-order valence-corrected chi connectivity index (χ2v) is 10.7. The normalized spacial score (nSPS) is 17.0. The summed E-state index contributed by atoms with van der Waals surface area (Å²) < 4.78 is 32.7. The number of aryl methyl sites for hydroxylation is 2. The van der Waals surface area contributed by atoms with Crippen molar-refractivity contribution in [3.8, 4) is 11.3 Å². The van der Waals surface area contributed by atoms with Crippen molar-refractivity contribution in [2.24, 2.45) is 0 Å². The Morgan fingerprint density at radius 1 is 1.18 bits per heavy atom. The molecule has 5 rings (SSSR count). The first-order chi connectivity index (χ1) is 15.8. The maximum absolute atomic E-state index is 13.2. The van der Waals surface area contributed by atoms with E-state index in [1.54, 1.807) is 13.8 Å². The molecule has 170 valence electrons. The molecule has 1 atom stereocenters. The lowest BCUT2D eigenvalue weighted by Gasteiger charge is -2.22. The highest BCUT2D eigenvalue weighted by Gasteiger charge is 2.42. The topological polar surface area (TPSA) is 105 Å². The van der Waals surface area contributed by atoms with Crippen LogP contribution >= 0.6 is 11.3 Å². The van der Waals surface area contributed by atoms with Crippen LogP contribution in [0.15, 0.2) is 57.3 Å². The molecule has 3 heterocycles. The molecule has 8 nitrogen and oxygen atoms in total. The van der Waals surface area contributed by atoms with Gasteiger partial charge in [0.1, 0.15) is 16.6 Å². The monoisotopic (exact) mass is 482 g/mol. The Bertz CT molecular complexity index is 1440. The van der Waals surface area contributed by atoms with E-state index in [0.29, 0.717) is 23.7 Å². The molecule has 0 unspecified atom stereocenters. The van der Waals surface area contributed by atoms with Gasteiger partial charge in [0.25, 0.3) is 0 Å². The largest absolute Gasteiger partial charge is 0.360 e. The van der Waals surface area contributed by atoms with E-state index in [9.17, 15) is 13.2 Å². The number of aromatic nitrogens is 2. The Balaban J connectivity index is 1.36. The summed E-state index contributed by atoms with van der Waals surface area (Å²) >= 11 is 1.31. The fourth-order valence-electron chi connectivity index (χ4n) is 4.25. The molecule has 1 fully saturated rings. The van der Waals surface area contributed by atoms with Crippen molar-refractivity contribution in [3.05, 3.63) is 59.3 Å². The number of carbonyl (C=O) groups is 1. The van der Waals surface area contributed by atoms with Crippen LogP contribution in [0.25, 0.3) is 22.0 Å². The number of hydrogen-bond donors (Lipinski definition) is 1. The van der Waals surface area contributed by atoms with Gasteiger partial charge in [0.2, 0.25) is 15.9 Å². The summed E-state index contributed by atoms with van der Waals surface area (Å²) in [5.41, 5.74) is 2.00. The van der Waals surface area contributed by atoms with E-state index in [-0.39, 0.29) is 23.1 Å². The summed E-state index contributed by atoms with van der Waals surface area (Å²) in [7, 11) is -3.90. The van der Waals surface area contributed by atoms with E-state index in [1.165, 1.54) is 15.6 Å². The minimum atomic E-state index is -3.90. The van der Waals surface area contributed by atoms with Crippen molar-refractivity contribution >= 4 is 43.2 Å². The van der Waals surface area contributed by atoms with Crippen molar-refractivity contribution in [2.45, 2.75) is 37.6 Å². The third kappa shape index (κ3) is 3.94. The van der Waals surface area contributed by atoms with Crippen molar-refractivity contribution in [1.29, 1.82) is 0 Å².